The van der Waals surface area contributed by atoms with Gasteiger partial charge in [0.15, 0.2) is 0 Å². The molecule has 1 heterocycles. The van der Waals surface area contributed by atoms with Crippen LogP contribution >= 0.6 is 0 Å². The quantitative estimate of drug-likeness (QED) is 0.711. The van der Waals surface area contributed by atoms with Gasteiger partial charge in [0.05, 0.1) is 13.1 Å². The Balaban J connectivity index is 2.78. The summed E-state index contributed by atoms with van der Waals surface area (Å²) < 4.78 is 9.90. The van der Waals surface area contributed by atoms with Crippen molar-refractivity contribution >= 4 is 25.0 Å². The van der Waals surface area contributed by atoms with Crippen molar-refractivity contribution in [2.45, 2.75) is 32.0 Å². The van der Waals surface area contributed by atoms with Crippen LogP contribution in [0.2, 0.25) is 5.82 Å². The van der Waals surface area contributed by atoms with Crippen molar-refractivity contribution < 1.29 is 28.8 Å². The Morgan fingerprint density at radius 3 is 2.32 bits per heavy atom. The molecule has 0 radical (unpaired) electrons. The number of likely N-dealkylation sites (N-methyl/N-ethyl adjacent to an activating group) is 1. The summed E-state index contributed by atoms with van der Waals surface area (Å²) in [5.41, 5.74) is 0. The van der Waals surface area contributed by atoms with E-state index in [1.165, 1.54) is 4.90 Å². The minimum atomic E-state index is -1.34. The highest BCUT2D eigenvalue weighted by molar-refractivity contribution is 6.55. The maximum atomic E-state index is 11.5. The molecule has 106 valence electrons. The van der Waals surface area contributed by atoms with Crippen molar-refractivity contribution in [3.63, 3.8) is 0 Å². The first-order chi connectivity index (χ1) is 8.93. The zero-order valence-electron chi connectivity index (χ0n) is 11.1. The summed E-state index contributed by atoms with van der Waals surface area (Å²) >= 11 is 0. The lowest BCUT2D eigenvalue weighted by Gasteiger charge is -2.25. The molecule has 1 fully saturated rings. The Bertz CT molecular complexity index is 341. The van der Waals surface area contributed by atoms with Crippen LogP contribution in [0.15, 0.2) is 0 Å². The number of carboxylic acid groups (broad SMARTS) is 1. The lowest BCUT2D eigenvalue weighted by Crippen LogP contribution is -2.45. The molecule has 7 nitrogen and oxygen atoms in total. The molecule has 1 aliphatic heterocycles. The second-order valence-electron chi connectivity index (χ2n) is 4.61. The summed E-state index contributed by atoms with van der Waals surface area (Å²) in [6.45, 7) is 1.79. The minimum Gasteiger partial charge on any atom is -0.498 e. The van der Waals surface area contributed by atoms with Gasteiger partial charge in [-0.25, -0.2) is 0 Å². The minimum absolute atomic E-state index is 0.0638. The molecule has 1 aliphatic rings. The fourth-order valence-electron chi connectivity index (χ4n) is 1.82. The number of carbonyl (C=O) groups is 3. The number of carbonyl (C=O) groups excluding carboxylic acids is 2. The van der Waals surface area contributed by atoms with Gasteiger partial charge in [-0.3, -0.25) is 19.3 Å². The Morgan fingerprint density at radius 1 is 1.37 bits per heavy atom. The Labute approximate surface area is 112 Å². The van der Waals surface area contributed by atoms with Gasteiger partial charge in [-0.2, -0.15) is 0 Å². The zero-order valence-corrected chi connectivity index (χ0v) is 11.1. The number of rotatable bonds is 5. The lowest BCUT2D eigenvalue weighted by molar-refractivity contribution is -0.146. The van der Waals surface area contributed by atoms with E-state index in [4.69, 9.17) is 14.4 Å². The predicted molar refractivity (Wildman–Crippen MR) is 66.3 cm³/mol. The molecule has 0 aliphatic carbocycles. The number of nitrogens with zero attached hydrogens (tertiary/aromatic N) is 1. The van der Waals surface area contributed by atoms with Crippen LogP contribution in [0.3, 0.4) is 0 Å². The number of unbranched alkanes of at least 4 members (excludes halogenated alkanes) is 1. The van der Waals surface area contributed by atoms with Gasteiger partial charge in [0, 0.05) is 0 Å². The molecular weight excluding hydrogens is 253 g/mol. The average molecular weight is 271 g/mol. The summed E-state index contributed by atoms with van der Waals surface area (Å²) in [6.07, 6.45) is 1.76. The molecule has 1 unspecified atom stereocenters. The molecule has 1 N–H and O–H groups in total. The number of carboxylic acids is 1. The highest BCUT2D eigenvalue weighted by atomic mass is 16.6. The van der Waals surface area contributed by atoms with Crippen LogP contribution in [-0.2, 0) is 23.7 Å². The van der Waals surface area contributed by atoms with Gasteiger partial charge >= 0.3 is 25.0 Å². The van der Waals surface area contributed by atoms with E-state index in [-0.39, 0.29) is 13.1 Å². The van der Waals surface area contributed by atoms with Crippen molar-refractivity contribution in [3.8, 4) is 0 Å². The molecule has 1 rings (SSSR count). The summed E-state index contributed by atoms with van der Waals surface area (Å²) in [6, 6.07) is 0. The SMILES string of the molecule is CCCCC(B1OC(=O)CN(C)CC(=O)O1)C(=O)O. The molecule has 1 atom stereocenters. The second-order valence-corrected chi connectivity index (χ2v) is 4.61. The molecule has 8 heteroatoms. The monoisotopic (exact) mass is 271 g/mol. The highest BCUT2D eigenvalue weighted by Crippen LogP contribution is 2.22. The first-order valence-corrected chi connectivity index (χ1v) is 6.24. The topological polar surface area (TPSA) is 93.1 Å². The Hall–Kier alpha value is -1.57. The van der Waals surface area contributed by atoms with Crippen LogP contribution in [0.5, 0.6) is 0 Å². The number of hydrogen-bond donors (Lipinski definition) is 1. The Kier molecular flexibility index (Phi) is 5.81. The van der Waals surface area contributed by atoms with E-state index >= 15 is 0 Å². The molecule has 0 spiro atoms. The fourth-order valence-corrected chi connectivity index (χ4v) is 1.82. The van der Waals surface area contributed by atoms with Gasteiger partial charge in [-0.15, -0.1) is 0 Å². The fraction of sp³-hybridized carbons (Fsp3) is 0.727. The average Bonchev–Trinajstić information content (AvgIpc) is 2.26. The smallest absolute Gasteiger partial charge is 0.498 e. The molecule has 0 aromatic carbocycles. The molecule has 0 saturated carbocycles. The molecular formula is C11H18BNO6. The molecule has 0 aromatic heterocycles. The van der Waals surface area contributed by atoms with Gasteiger partial charge in [-0.05, 0) is 13.5 Å². The zero-order chi connectivity index (χ0) is 14.4. The van der Waals surface area contributed by atoms with Gasteiger partial charge in [0.2, 0.25) is 0 Å². The van der Waals surface area contributed by atoms with Crippen LogP contribution in [0.1, 0.15) is 26.2 Å². The standard InChI is InChI=1S/C11H18BNO6/c1-3-4-5-8(11(16)17)12-18-9(14)6-13(2)7-10(15)19-12/h8H,3-7H2,1-2H3,(H,16,17). The third-order valence-corrected chi connectivity index (χ3v) is 2.81. The maximum Gasteiger partial charge on any atom is 0.613 e. The van der Waals surface area contributed by atoms with Crippen LogP contribution in [0.4, 0.5) is 0 Å². The van der Waals surface area contributed by atoms with Crippen LogP contribution in [0.25, 0.3) is 0 Å². The Morgan fingerprint density at radius 2 is 1.89 bits per heavy atom. The van der Waals surface area contributed by atoms with Gasteiger partial charge in [0.25, 0.3) is 0 Å². The summed E-state index contributed by atoms with van der Waals surface area (Å²) in [5.74, 6) is -3.34. The summed E-state index contributed by atoms with van der Waals surface area (Å²) in [7, 11) is 0.243. The van der Waals surface area contributed by atoms with Crippen LogP contribution in [-0.4, -0.2) is 55.2 Å². The molecule has 19 heavy (non-hydrogen) atoms. The second kappa shape index (κ2) is 7.13. The van der Waals surface area contributed by atoms with E-state index in [1.54, 1.807) is 7.05 Å². The summed E-state index contributed by atoms with van der Waals surface area (Å²) in [5, 5.41) is 9.15. The van der Waals surface area contributed by atoms with E-state index in [1.807, 2.05) is 6.92 Å². The third kappa shape index (κ3) is 4.90. The number of aliphatic carboxylic acids is 1. The first kappa shape index (κ1) is 15.5. The maximum absolute atomic E-state index is 11.5. The number of hydrogen-bond acceptors (Lipinski definition) is 6. The van der Waals surface area contributed by atoms with Gasteiger partial charge in [-0.1, -0.05) is 19.8 Å². The molecule has 0 aromatic rings. The predicted octanol–water partition coefficient (Wildman–Crippen LogP) is 0.151. The van der Waals surface area contributed by atoms with E-state index in [0.29, 0.717) is 12.8 Å². The van der Waals surface area contributed by atoms with E-state index in [9.17, 15) is 14.4 Å². The van der Waals surface area contributed by atoms with Gasteiger partial charge in [0.1, 0.15) is 5.82 Å². The van der Waals surface area contributed by atoms with Crippen molar-refractivity contribution in [1.29, 1.82) is 0 Å². The highest BCUT2D eigenvalue weighted by Gasteiger charge is 2.43. The van der Waals surface area contributed by atoms with Crippen molar-refractivity contribution in [3.05, 3.63) is 0 Å². The normalized spacial score (nSPS) is 19.2. The van der Waals surface area contributed by atoms with Gasteiger partial charge < -0.3 is 14.4 Å². The van der Waals surface area contributed by atoms with Crippen molar-refractivity contribution in [2.75, 3.05) is 20.1 Å². The van der Waals surface area contributed by atoms with E-state index in [0.717, 1.165) is 6.42 Å². The van der Waals surface area contributed by atoms with E-state index < -0.39 is 30.8 Å². The third-order valence-electron chi connectivity index (χ3n) is 2.81. The van der Waals surface area contributed by atoms with Crippen LogP contribution in [0, 0.1) is 0 Å². The molecule has 0 bridgehead atoms. The molecule has 1 saturated heterocycles. The lowest BCUT2D eigenvalue weighted by atomic mass is 9.68. The van der Waals surface area contributed by atoms with E-state index in [2.05, 4.69) is 0 Å². The molecule has 0 amide bonds. The van der Waals surface area contributed by atoms with Crippen molar-refractivity contribution in [2.24, 2.45) is 0 Å². The van der Waals surface area contributed by atoms with Crippen molar-refractivity contribution in [1.82, 2.24) is 4.90 Å². The summed E-state index contributed by atoms with van der Waals surface area (Å²) in [4.78, 5) is 35.7. The first-order valence-electron chi connectivity index (χ1n) is 6.24. The largest absolute Gasteiger partial charge is 0.613 e. The van der Waals surface area contributed by atoms with Crippen LogP contribution < -0.4 is 0 Å².